The molecule has 0 saturated carbocycles. The maximum Gasteiger partial charge on any atom is 0.346 e. The second-order valence-electron chi connectivity index (χ2n) is 4.65. The quantitative estimate of drug-likeness (QED) is 0.335. The van der Waals surface area contributed by atoms with E-state index in [9.17, 15) is 4.79 Å². The minimum absolute atomic E-state index is 0.130. The van der Waals surface area contributed by atoms with Gasteiger partial charge in [-0.25, -0.2) is 4.79 Å². The van der Waals surface area contributed by atoms with E-state index < -0.39 is 5.97 Å². The molecule has 0 saturated heterocycles. The van der Waals surface area contributed by atoms with Crippen LogP contribution in [0.25, 0.3) is 0 Å². The van der Waals surface area contributed by atoms with Gasteiger partial charge in [-0.15, -0.1) is 0 Å². The highest BCUT2D eigenvalue weighted by Crippen LogP contribution is 2.11. The van der Waals surface area contributed by atoms with Crippen molar-refractivity contribution in [3.05, 3.63) is 11.6 Å². The summed E-state index contributed by atoms with van der Waals surface area (Å²) in [7, 11) is 0. The van der Waals surface area contributed by atoms with Crippen LogP contribution in [-0.2, 0) is 4.79 Å². The van der Waals surface area contributed by atoms with Crippen molar-refractivity contribution < 1.29 is 9.90 Å². The first-order valence-corrected chi connectivity index (χ1v) is 7.06. The lowest BCUT2D eigenvalue weighted by Crippen LogP contribution is -1.97. The predicted octanol–water partition coefficient (Wildman–Crippen LogP) is 4.44. The molecule has 0 aromatic heterocycles. The van der Waals surface area contributed by atoms with Gasteiger partial charge in [-0.1, -0.05) is 64.4 Å². The molecule has 0 aliphatic carbocycles. The van der Waals surface area contributed by atoms with Crippen LogP contribution in [0.1, 0.15) is 71.1 Å². The van der Waals surface area contributed by atoms with Crippen LogP contribution < -0.4 is 0 Å². The first-order chi connectivity index (χ1) is 8.72. The van der Waals surface area contributed by atoms with Crippen molar-refractivity contribution >= 4 is 5.97 Å². The maximum atomic E-state index is 10.5. The fourth-order valence-corrected chi connectivity index (χ4v) is 1.88. The Morgan fingerprint density at radius 3 is 2.00 bits per heavy atom. The van der Waals surface area contributed by atoms with Crippen molar-refractivity contribution in [1.82, 2.24) is 0 Å². The minimum Gasteiger partial charge on any atom is -0.477 e. The first-order valence-electron chi connectivity index (χ1n) is 7.06. The van der Waals surface area contributed by atoms with E-state index in [1.165, 1.54) is 51.0 Å². The second-order valence-corrected chi connectivity index (χ2v) is 4.65. The molecule has 0 aromatic carbocycles. The number of unbranched alkanes of at least 4 members (excludes halogenated alkanes) is 9. The molecule has 3 heteroatoms. The normalized spacial score (nSPS) is 11.2. The van der Waals surface area contributed by atoms with E-state index in [2.05, 4.69) is 6.92 Å². The highest BCUT2D eigenvalue weighted by atomic mass is 16.4. The molecule has 3 nitrogen and oxygen atoms in total. The molecular formula is C15H25NO2. The Hall–Kier alpha value is -1.30. The molecule has 0 atom stereocenters. The van der Waals surface area contributed by atoms with Crippen LogP contribution in [0.4, 0.5) is 0 Å². The van der Waals surface area contributed by atoms with Gasteiger partial charge in [0.1, 0.15) is 11.6 Å². The van der Waals surface area contributed by atoms with Gasteiger partial charge in [-0.05, 0) is 12.8 Å². The van der Waals surface area contributed by atoms with Gasteiger partial charge in [0.2, 0.25) is 0 Å². The maximum absolute atomic E-state index is 10.5. The summed E-state index contributed by atoms with van der Waals surface area (Å²) in [6.07, 6.45) is 13.5. The lowest BCUT2D eigenvalue weighted by molar-refractivity contribution is -0.132. The van der Waals surface area contributed by atoms with E-state index in [1.54, 1.807) is 6.07 Å². The molecule has 0 aliphatic rings. The predicted molar refractivity (Wildman–Crippen MR) is 73.2 cm³/mol. The average molecular weight is 251 g/mol. The van der Waals surface area contributed by atoms with E-state index in [1.807, 2.05) is 0 Å². The van der Waals surface area contributed by atoms with Crippen LogP contribution in [0, 0.1) is 11.3 Å². The summed E-state index contributed by atoms with van der Waals surface area (Å²) in [6, 6.07) is 1.69. The Morgan fingerprint density at radius 2 is 1.56 bits per heavy atom. The number of nitrogens with zero attached hydrogens (tertiary/aromatic N) is 1. The molecule has 0 unspecified atom stereocenters. The fraction of sp³-hybridized carbons (Fsp3) is 0.733. The van der Waals surface area contributed by atoms with Crippen LogP contribution in [0.15, 0.2) is 11.6 Å². The number of carbonyl (C=O) groups is 1. The van der Waals surface area contributed by atoms with Crippen molar-refractivity contribution in [3.8, 4) is 6.07 Å². The minimum atomic E-state index is -1.12. The van der Waals surface area contributed by atoms with Gasteiger partial charge in [-0.2, -0.15) is 5.26 Å². The number of aliphatic carboxylic acids is 1. The van der Waals surface area contributed by atoms with E-state index in [4.69, 9.17) is 10.4 Å². The highest BCUT2D eigenvalue weighted by Gasteiger charge is 2.03. The van der Waals surface area contributed by atoms with Crippen molar-refractivity contribution in [2.24, 2.45) is 0 Å². The van der Waals surface area contributed by atoms with Crippen molar-refractivity contribution in [2.45, 2.75) is 71.1 Å². The Bertz CT molecular complexity index is 289. The fourth-order valence-electron chi connectivity index (χ4n) is 1.88. The van der Waals surface area contributed by atoms with Gasteiger partial charge >= 0.3 is 5.97 Å². The monoisotopic (exact) mass is 251 g/mol. The summed E-state index contributed by atoms with van der Waals surface area (Å²) in [5.41, 5.74) is -0.130. The second kappa shape index (κ2) is 12.2. The van der Waals surface area contributed by atoms with Crippen LogP contribution >= 0.6 is 0 Å². The summed E-state index contributed by atoms with van der Waals surface area (Å²) in [5, 5.41) is 17.2. The largest absolute Gasteiger partial charge is 0.477 e. The van der Waals surface area contributed by atoms with Gasteiger partial charge in [0.05, 0.1) is 0 Å². The summed E-state index contributed by atoms with van der Waals surface area (Å²) >= 11 is 0. The van der Waals surface area contributed by atoms with Gasteiger partial charge < -0.3 is 5.11 Å². The van der Waals surface area contributed by atoms with Crippen molar-refractivity contribution in [1.29, 1.82) is 5.26 Å². The molecule has 0 spiro atoms. The summed E-state index contributed by atoms with van der Waals surface area (Å²) < 4.78 is 0. The zero-order chi connectivity index (χ0) is 13.6. The molecule has 0 heterocycles. The standard InChI is InChI=1S/C15H25NO2/c1-2-3-4-5-6-7-8-9-10-11-12-14(13-16)15(17)18/h12H,2-11H2,1H3,(H,17,18). The molecule has 0 fully saturated rings. The lowest BCUT2D eigenvalue weighted by atomic mass is 10.1. The van der Waals surface area contributed by atoms with Crippen LogP contribution in [-0.4, -0.2) is 11.1 Å². The topological polar surface area (TPSA) is 61.1 Å². The number of carboxylic acids is 1. The third-order valence-corrected chi connectivity index (χ3v) is 3.01. The van der Waals surface area contributed by atoms with Gasteiger partial charge in [-0.3, -0.25) is 0 Å². The Kier molecular flexibility index (Phi) is 11.3. The molecule has 0 aromatic rings. The molecule has 1 N–H and O–H groups in total. The van der Waals surface area contributed by atoms with E-state index in [-0.39, 0.29) is 5.57 Å². The smallest absolute Gasteiger partial charge is 0.346 e. The van der Waals surface area contributed by atoms with Gasteiger partial charge in [0.25, 0.3) is 0 Å². The molecule has 102 valence electrons. The van der Waals surface area contributed by atoms with Crippen LogP contribution in [0.3, 0.4) is 0 Å². The molecular weight excluding hydrogens is 226 g/mol. The van der Waals surface area contributed by atoms with Gasteiger partial charge in [0, 0.05) is 0 Å². The molecule has 0 aliphatic heterocycles. The SMILES string of the molecule is CCCCCCCCCCCC=C(C#N)C(=O)O. The van der Waals surface area contributed by atoms with Gasteiger partial charge in [0.15, 0.2) is 0 Å². The summed E-state index contributed by atoms with van der Waals surface area (Å²) in [6.45, 7) is 2.22. The number of hydrogen-bond donors (Lipinski definition) is 1. The van der Waals surface area contributed by atoms with E-state index in [0.29, 0.717) is 6.42 Å². The van der Waals surface area contributed by atoms with Crippen LogP contribution in [0.5, 0.6) is 0 Å². The van der Waals surface area contributed by atoms with Crippen LogP contribution in [0.2, 0.25) is 0 Å². The number of carboxylic acid groups (broad SMARTS) is 1. The van der Waals surface area contributed by atoms with E-state index >= 15 is 0 Å². The Labute approximate surface area is 111 Å². The first kappa shape index (κ1) is 16.7. The Morgan fingerprint density at radius 1 is 1.06 bits per heavy atom. The summed E-state index contributed by atoms with van der Waals surface area (Å²) in [5.74, 6) is -1.12. The zero-order valence-electron chi connectivity index (χ0n) is 11.5. The zero-order valence-corrected chi connectivity index (χ0v) is 11.5. The third kappa shape index (κ3) is 9.89. The van der Waals surface area contributed by atoms with Crippen molar-refractivity contribution in [3.63, 3.8) is 0 Å². The lowest BCUT2D eigenvalue weighted by Gasteiger charge is -2.00. The average Bonchev–Trinajstić information content (AvgIpc) is 2.35. The molecule has 0 radical (unpaired) electrons. The number of rotatable bonds is 11. The third-order valence-electron chi connectivity index (χ3n) is 3.01. The number of nitriles is 1. The number of allylic oxidation sites excluding steroid dienone is 1. The molecule has 0 rings (SSSR count). The Balaban J connectivity index is 3.36. The number of hydrogen-bond acceptors (Lipinski definition) is 2. The highest BCUT2D eigenvalue weighted by molar-refractivity contribution is 5.90. The molecule has 0 amide bonds. The van der Waals surface area contributed by atoms with Crippen molar-refractivity contribution in [2.75, 3.05) is 0 Å². The molecule has 0 bridgehead atoms. The molecule has 18 heavy (non-hydrogen) atoms. The summed E-state index contributed by atoms with van der Waals surface area (Å²) in [4.78, 5) is 10.5. The van der Waals surface area contributed by atoms with E-state index in [0.717, 1.165) is 12.8 Å².